The lowest BCUT2D eigenvalue weighted by molar-refractivity contribution is -0.145. The predicted molar refractivity (Wildman–Crippen MR) is 102 cm³/mol. The van der Waals surface area contributed by atoms with Crippen molar-refractivity contribution in [2.75, 3.05) is 27.3 Å². The Hall–Kier alpha value is -2.02. The Morgan fingerprint density at radius 2 is 1.92 bits per heavy atom. The third kappa shape index (κ3) is 3.87. The van der Waals surface area contributed by atoms with Crippen molar-refractivity contribution in [1.82, 2.24) is 4.90 Å². The molecule has 1 aromatic rings. The highest BCUT2D eigenvalue weighted by Crippen LogP contribution is 2.39. The normalized spacial score (nSPS) is 23.1. The van der Waals surface area contributed by atoms with Gasteiger partial charge in [0.2, 0.25) is 0 Å². The standard InChI is InChI=1S/C19H26N2O4S/c1-23-16-8-7-12(9-17(16)25-13-5-3-4-6-13)14-10-21(19(20)26)11-15(14)18(22)24-2/h7-9,13-15H,3-6,10-11H2,1-2H3,(H2,20,26)/t14-,15+/m0/s1. The molecule has 3 rings (SSSR count). The van der Waals surface area contributed by atoms with Gasteiger partial charge >= 0.3 is 5.97 Å². The van der Waals surface area contributed by atoms with Gasteiger partial charge in [0.25, 0.3) is 0 Å². The summed E-state index contributed by atoms with van der Waals surface area (Å²) in [4.78, 5) is 14.1. The van der Waals surface area contributed by atoms with E-state index in [1.165, 1.54) is 20.0 Å². The first kappa shape index (κ1) is 18.8. The van der Waals surface area contributed by atoms with Gasteiger partial charge in [-0.15, -0.1) is 0 Å². The van der Waals surface area contributed by atoms with Gasteiger partial charge in [0.05, 0.1) is 26.2 Å². The van der Waals surface area contributed by atoms with Gasteiger partial charge in [0.15, 0.2) is 16.6 Å². The van der Waals surface area contributed by atoms with Crippen LogP contribution in [-0.2, 0) is 9.53 Å². The Balaban J connectivity index is 1.88. The summed E-state index contributed by atoms with van der Waals surface area (Å²) in [5.74, 6) is 0.826. The second-order valence-corrected chi connectivity index (χ2v) is 7.33. The molecular formula is C19H26N2O4S. The van der Waals surface area contributed by atoms with Crippen LogP contribution in [0.1, 0.15) is 37.2 Å². The number of nitrogens with zero attached hydrogens (tertiary/aromatic N) is 1. The number of hydrogen-bond acceptors (Lipinski definition) is 5. The predicted octanol–water partition coefficient (Wildman–Crippen LogP) is 2.45. The van der Waals surface area contributed by atoms with Gasteiger partial charge in [-0.2, -0.15) is 0 Å². The van der Waals surface area contributed by atoms with Crippen molar-refractivity contribution in [3.63, 3.8) is 0 Å². The highest BCUT2D eigenvalue weighted by Gasteiger charge is 2.40. The van der Waals surface area contributed by atoms with E-state index < -0.39 is 0 Å². The van der Waals surface area contributed by atoms with E-state index in [1.54, 1.807) is 7.11 Å². The number of thiocarbonyl (C=S) groups is 1. The zero-order valence-corrected chi connectivity index (χ0v) is 16.1. The van der Waals surface area contributed by atoms with Crippen molar-refractivity contribution in [1.29, 1.82) is 0 Å². The molecule has 0 aromatic heterocycles. The Morgan fingerprint density at radius 1 is 1.19 bits per heavy atom. The highest BCUT2D eigenvalue weighted by atomic mass is 32.1. The number of hydrogen-bond donors (Lipinski definition) is 1. The maximum Gasteiger partial charge on any atom is 0.311 e. The van der Waals surface area contributed by atoms with Crippen LogP contribution in [0.25, 0.3) is 0 Å². The number of benzene rings is 1. The highest BCUT2D eigenvalue weighted by molar-refractivity contribution is 7.80. The molecule has 142 valence electrons. The fourth-order valence-electron chi connectivity index (χ4n) is 3.91. The van der Waals surface area contributed by atoms with E-state index in [0.29, 0.717) is 24.0 Å². The number of nitrogens with two attached hydrogens (primary N) is 1. The molecule has 0 bridgehead atoms. The lowest BCUT2D eigenvalue weighted by Crippen LogP contribution is -2.34. The van der Waals surface area contributed by atoms with Crippen LogP contribution in [0.4, 0.5) is 0 Å². The average molecular weight is 378 g/mol. The lowest BCUT2D eigenvalue weighted by Gasteiger charge is -2.20. The number of methoxy groups -OCH3 is 2. The van der Waals surface area contributed by atoms with E-state index in [9.17, 15) is 4.79 Å². The zero-order valence-electron chi connectivity index (χ0n) is 15.3. The molecule has 7 heteroatoms. The van der Waals surface area contributed by atoms with Gasteiger partial charge in [0.1, 0.15) is 0 Å². The summed E-state index contributed by atoms with van der Waals surface area (Å²) < 4.78 is 16.6. The second kappa shape index (κ2) is 8.12. The topological polar surface area (TPSA) is 74.0 Å². The lowest BCUT2D eigenvalue weighted by atomic mass is 9.89. The molecule has 2 N–H and O–H groups in total. The van der Waals surface area contributed by atoms with Crippen LogP contribution >= 0.6 is 12.2 Å². The van der Waals surface area contributed by atoms with Gasteiger partial charge in [-0.05, 0) is 55.6 Å². The number of carbonyl (C=O) groups is 1. The molecule has 6 nitrogen and oxygen atoms in total. The summed E-state index contributed by atoms with van der Waals surface area (Å²) in [7, 11) is 3.05. The molecule has 0 unspecified atom stereocenters. The van der Waals surface area contributed by atoms with Gasteiger partial charge < -0.3 is 24.8 Å². The molecule has 1 saturated heterocycles. The third-order valence-electron chi connectivity index (χ3n) is 5.35. The second-order valence-electron chi connectivity index (χ2n) is 6.91. The van der Waals surface area contributed by atoms with E-state index in [2.05, 4.69) is 0 Å². The van der Waals surface area contributed by atoms with Crippen molar-refractivity contribution in [3.8, 4) is 11.5 Å². The third-order valence-corrected chi connectivity index (χ3v) is 5.61. The van der Waals surface area contributed by atoms with Gasteiger partial charge in [0, 0.05) is 19.0 Å². The van der Waals surface area contributed by atoms with Crippen molar-refractivity contribution in [2.24, 2.45) is 11.7 Å². The van der Waals surface area contributed by atoms with Crippen molar-refractivity contribution in [3.05, 3.63) is 23.8 Å². The Morgan fingerprint density at radius 3 is 2.54 bits per heavy atom. The van der Waals surface area contributed by atoms with Crippen LogP contribution in [0.2, 0.25) is 0 Å². The molecule has 2 fully saturated rings. The minimum absolute atomic E-state index is 0.0548. The van der Waals surface area contributed by atoms with Crippen LogP contribution in [0, 0.1) is 5.92 Å². The Labute approximate surface area is 159 Å². The minimum Gasteiger partial charge on any atom is -0.493 e. The van der Waals surface area contributed by atoms with E-state index >= 15 is 0 Å². The monoisotopic (exact) mass is 378 g/mol. The fourth-order valence-corrected chi connectivity index (χ4v) is 4.06. The van der Waals surface area contributed by atoms with Crippen LogP contribution in [0.15, 0.2) is 18.2 Å². The largest absolute Gasteiger partial charge is 0.493 e. The van der Waals surface area contributed by atoms with E-state index in [4.69, 9.17) is 32.2 Å². The molecule has 1 aliphatic carbocycles. The molecule has 1 saturated carbocycles. The number of esters is 1. The van der Waals surface area contributed by atoms with Crippen LogP contribution in [-0.4, -0.2) is 49.4 Å². The summed E-state index contributed by atoms with van der Waals surface area (Å²) in [6.45, 7) is 1.06. The van der Waals surface area contributed by atoms with Crippen molar-refractivity contribution < 1.29 is 19.0 Å². The van der Waals surface area contributed by atoms with Crippen LogP contribution in [0.3, 0.4) is 0 Å². The van der Waals surface area contributed by atoms with Crippen molar-refractivity contribution >= 4 is 23.3 Å². The molecular weight excluding hydrogens is 352 g/mol. The van der Waals surface area contributed by atoms with Gasteiger partial charge in [-0.1, -0.05) is 6.07 Å². The van der Waals surface area contributed by atoms with Gasteiger partial charge in [-0.3, -0.25) is 4.79 Å². The molecule has 26 heavy (non-hydrogen) atoms. The molecule has 0 radical (unpaired) electrons. The summed E-state index contributed by atoms with van der Waals surface area (Å²) in [6, 6.07) is 5.86. The van der Waals surface area contributed by atoms with E-state index in [1.807, 2.05) is 23.1 Å². The zero-order chi connectivity index (χ0) is 18.7. The number of ether oxygens (including phenoxy) is 3. The van der Waals surface area contributed by atoms with E-state index in [0.717, 1.165) is 24.2 Å². The SMILES string of the molecule is COC(=O)[C@@H]1CN(C(N)=S)C[C@H]1c1ccc(OC)c(OC2CCCC2)c1. The summed E-state index contributed by atoms with van der Waals surface area (Å²) in [6.07, 6.45) is 4.76. The molecule has 0 spiro atoms. The Bertz CT molecular complexity index is 676. The fraction of sp³-hybridized carbons (Fsp3) is 0.579. The number of carbonyl (C=O) groups excluding carboxylic acids is 1. The summed E-state index contributed by atoms with van der Waals surface area (Å²) in [5.41, 5.74) is 6.79. The molecule has 1 aromatic carbocycles. The smallest absolute Gasteiger partial charge is 0.311 e. The molecule has 2 atom stereocenters. The molecule has 1 aliphatic heterocycles. The number of likely N-dealkylation sites (tertiary alicyclic amines) is 1. The van der Waals surface area contributed by atoms with Crippen LogP contribution < -0.4 is 15.2 Å². The average Bonchev–Trinajstić information content (AvgIpc) is 3.30. The number of rotatable bonds is 5. The van der Waals surface area contributed by atoms with Gasteiger partial charge in [-0.25, -0.2) is 0 Å². The molecule has 1 heterocycles. The quantitative estimate of drug-likeness (QED) is 0.623. The van der Waals surface area contributed by atoms with Crippen molar-refractivity contribution in [2.45, 2.75) is 37.7 Å². The summed E-state index contributed by atoms with van der Waals surface area (Å²) >= 11 is 5.10. The first-order valence-corrected chi connectivity index (χ1v) is 9.41. The minimum atomic E-state index is -0.311. The first-order chi connectivity index (χ1) is 12.5. The maximum absolute atomic E-state index is 12.3. The van der Waals surface area contributed by atoms with E-state index in [-0.39, 0.29) is 23.9 Å². The Kier molecular flexibility index (Phi) is 5.86. The molecule has 0 amide bonds. The maximum atomic E-state index is 12.3. The summed E-state index contributed by atoms with van der Waals surface area (Å²) in [5, 5.41) is 0.303. The van der Waals surface area contributed by atoms with Crippen LogP contribution in [0.5, 0.6) is 11.5 Å². The first-order valence-electron chi connectivity index (χ1n) is 9.00. The molecule has 2 aliphatic rings.